The molecule has 2 aliphatic rings. The molecular weight excluding hydrogens is 344 g/mol. The van der Waals surface area contributed by atoms with Gasteiger partial charge in [-0.25, -0.2) is 0 Å². The smallest absolute Gasteiger partial charge is 1.00 e. The fourth-order valence-corrected chi connectivity index (χ4v) is 4.64. The van der Waals surface area contributed by atoms with Crippen LogP contribution < -0.4 is 17.0 Å². The van der Waals surface area contributed by atoms with Gasteiger partial charge in [0.25, 0.3) is 0 Å². The van der Waals surface area contributed by atoms with Crippen LogP contribution in [0, 0.1) is 0 Å². The number of halogens is 1. The predicted octanol–water partition coefficient (Wildman–Crippen LogP) is 1.02. The zero-order valence-electron chi connectivity index (χ0n) is 5.62. The molecule has 0 radical (unpaired) electrons. The van der Waals surface area contributed by atoms with E-state index in [1.807, 2.05) is 47.0 Å². The number of rotatable bonds is 0. The normalized spacial score (nSPS) is 19.3. The van der Waals surface area contributed by atoms with Crippen molar-refractivity contribution in [3.8, 4) is 0 Å². The van der Waals surface area contributed by atoms with Crippen molar-refractivity contribution in [3.63, 3.8) is 0 Å². The molecule has 12 heavy (non-hydrogen) atoms. The van der Waals surface area contributed by atoms with Crippen molar-refractivity contribution in [1.29, 1.82) is 0 Å². The average Bonchev–Trinajstić information content (AvgIpc) is 2.59. The third kappa shape index (κ3) is 3.40. The second-order valence-electron chi connectivity index (χ2n) is 1.59. The van der Waals surface area contributed by atoms with Crippen LogP contribution in [0.3, 0.4) is 0 Å². The van der Waals surface area contributed by atoms with Crippen molar-refractivity contribution in [2.24, 2.45) is 0 Å². The van der Waals surface area contributed by atoms with E-state index in [0.717, 1.165) is 0 Å². The summed E-state index contributed by atoms with van der Waals surface area (Å²) in [6, 6.07) is 0. The molecule has 0 aromatic carbocycles. The van der Waals surface area contributed by atoms with Gasteiger partial charge in [0.05, 0.1) is 8.47 Å². The first kappa shape index (κ1) is 13.6. The summed E-state index contributed by atoms with van der Waals surface area (Å²) in [4.78, 5) is 0. The maximum Gasteiger partial charge on any atom is 1.00 e. The van der Waals surface area contributed by atoms with Crippen molar-refractivity contribution < 1.29 is 34.1 Å². The number of hydrogen-bond acceptors (Lipinski definition) is 4. The van der Waals surface area contributed by atoms with E-state index < -0.39 is 0 Å². The van der Waals surface area contributed by atoms with E-state index >= 15 is 0 Å². The van der Waals surface area contributed by atoms with Gasteiger partial charge in [0, 0.05) is 0 Å². The average molecular weight is 348 g/mol. The monoisotopic (exact) mass is 346 g/mol. The van der Waals surface area contributed by atoms with Crippen LogP contribution in [-0.4, -0.2) is 0 Å². The van der Waals surface area contributed by atoms with Crippen LogP contribution in [-0.2, 0) is 17.1 Å². The van der Waals surface area contributed by atoms with E-state index in [2.05, 4.69) is 21.6 Å². The molecule has 0 unspecified atom stereocenters. The maximum absolute atomic E-state index is 2.13. The minimum absolute atomic E-state index is 0. The van der Waals surface area contributed by atoms with E-state index in [1.54, 1.807) is 0 Å². The van der Waals surface area contributed by atoms with Crippen LogP contribution in [0.4, 0.5) is 0 Å². The molecule has 0 amide bonds. The van der Waals surface area contributed by atoms with Gasteiger partial charge in [-0.1, -0.05) is 47.0 Å². The first-order chi connectivity index (χ1) is 4.97. The van der Waals surface area contributed by atoms with Crippen molar-refractivity contribution in [3.05, 3.63) is 30.1 Å². The van der Waals surface area contributed by atoms with Crippen molar-refractivity contribution in [2.75, 3.05) is 0 Å². The van der Waals surface area contributed by atoms with Gasteiger partial charge < -0.3 is 17.0 Å². The first-order valence-corrected chi connectivity index (χ1v) is 6.19. The zero-order chi connectivity index (χ0) is 6.81. The summed E-state index contributed by atoms with van der Waals surface area (Å²) in [6.07, 6.45) is 0. The van der Waals surface area contributed by atoms with Crippen LogP contribution in [0.2, 0.25) is 0 Å². The minimum Gasteiger partial charge on any atom is -1.00 e. The van der Waals surface area contributed by atoms with Gasteiger partial charge in [0.1, 0.15) is 0 Å². The summed E-state index contributed by atoms with van der Waals surface area (Å²) >= 11 is 7.28. The Bertz CT molecular complexity index is 192. The summed E-state index contributed by atoms with van der Waals surface area (Å²) in [7, 11) is 0. The molecule has 0 N–H and O–H groups in total. The molecule has 0 saturated heterocycles. The van der Waals surface area contributed by atoms with E-state index in [-0.39, 0.29) is 34.1 Å². The van der Waals surface area contributed by atoms with Gasteiger partial charge in [-0.2, -0.15) is 0 Å². The molecule has 0 saturated carbocycles. The Kier molecular flexibility index (Phi) is 7.93. The number of hydrogen-bond donors (Lipinski definition) is 0. The molecule has 70 valence electrons. The van der Waals surface area contributed by atoms with Gasteiger partial charge in [0.2, 0.25) is 0 Å². The van der Waals surface area contributed by atoms with Crippen molar-refractivity contribution in [2.45, 2.75) is 0 Å². The quantitative estimate of drug-likeness (QED) is 0.600. The van der Waals surface area contributed by atoms with Gasteiger partial charge in [-0.3, -0.25) is 0 Å². The van der Waals surface area contributed by atoms with Crippen molar-refractivity contribution >= 4 is 47.0 Å². The third-order valence-corrected chi connectivity index (χ3v) is 5.76. The van der Waals surface area contributed by atoms with Gasteiger partial charge in [0.15, 0.2) is 0 Å². The van der Waals surface area contributed by atoms with Crippen LogP contribution in [0.1, 0.15) is 0 Å². The fraction of sp³-hybridized carbons (Fsp3) is 0. The molecule has 0 atom stereocenters. The molecular formula is C6H4BrCuS4. The minimum atomic E-state index is 0. The van der Waals surface area contributed by atoms with E-state index in [9.17, 15) is 0 Å². The van der Waals surface area contributed by atoms with Crippen LogP contribution in [0.15, 0.2) is 30.1 Å². The molecule has 0 fully saturated rings. The van der Waals surface area contributed by atoms with Gasteiger partial charge in [-0.15, -0.1) is 0 Å². The maximum atomic E-state index is 2.13. The Labute approximate surface area is 110 Å². The second-order valence-corrected chi connectivity index (χ2v) is 5.77. The van der Waals surface area contributed by atoms with Gasteiger partial charge >= 0.3 is 17.1 Å². The molecule has 2 aliphatic heterocycles. The molecule has 0 spiro atoms. The summed E-state index contributed by atoms with van der Waals surface area (Å²) in [5, 5.41) is 8.53. The summed E-state index contributed by atoms with van der Waals surface area (Å²) < 4.78 is 2.86. The molecule has 2 rings (SSSR count). The number of thioether (sulfide) groups is 4. The van der Waals surface area contributed by atoms with Crippen molar-refractivity contribution in [1.82, 2.24) is 0 Å². The van der Waals surface area contributed by atoms with E-state index in [1.165, 1.54) is 8.47 Å². The SMILES string of the molecule is C1=CSC(=C2SC=CS2)S1.[Br-].[Cu+]. The molecule has 0 bridgehead atoms. The molecule has 0 aromatic heterocycles. The summed E-state index contributed by atoms with van der Waals surface area (Å²) in [6.45, 7) is 0. The van der Waals surface area contributed by atoms with Crippen LogP contribution in [0.5, 0.6) is 0 Å². The van der Waals surface area contributed by atoms with Crippen LogP contribution in [0.25, 0.3) is 0 Å². The second kappa shape index (κ2) is 6.98. The molecule has 0 nitrogen and oxygen atoms in total. The largest absolute Gasteiger partial charge is 1.00 e. The topological polar surface area (TPSA) is 0 Å². The van der Waals surface area contributed by atoms with E-state index in [0.29, 0.717) is 0 Å². The van der Waals surface area contributed by atoms with Crippen LogP contribution >= 0.6 is 47.0 Å². The predicted molar refractivity (Wildman–Crippen MR) is 55.7 cm³/mol. The molecule has 2 heterocycles. The summed E-state index contributed by atoms with van der Waals surface area (Å²) in [5.74, 6) is 0. The Morgan fingerprint density at radius 1 is 0.667 bits per heavy atom. The molecule has 0 aliphatic carbocycles. The summed E-state index contributed by atoms with van der Waals surface area (Å²) in [5.41, 5.74) is 0. The molecule has 0 aromatic rings. The Morgan fingerprint density at radius 3 is 1.17 bits per heavy atom. The third-order valence-electron chi connectivity index (χ3n) is 0.978. The Hall–Kier alpha value is 1.62. The Morgan fingerprint density at radius 2 is 0.917 bits per heavy atom. The molecule has 6 heteroatoms. The zero-order valence-corrected chi connectivity index (χ0v) is 11.4. The first-order valence-electron chi connectivity index (χ1n) is 2.68. The fourth-order valence-electron chi connectivity index (χ4n) is 0.606. The Balaban J connectivity index is 0.000000605. The standard InChI is InChI=1S/C6H4S4.BrH.Cu/c1-2-8-5(7-1)6-9-3-4-10-6;;/h1-4H;1H;/q;;+1/p-1. The van der Waals surface area contributed by atoms with Gasteiger partial charge in [-0.05, 0) is 21.6 Å². The van der Waals surface area contributed by atoms with E-state index in [4.69, 9.17) is 0 Å².